The molecular weight excluding hydrogens is 550 g/mol. The Labute approximate surface area is 228 Å². The van der Waals surface area contributed by atoms with Gasteiger partial charge in [-0.25, -0.2) is 13.2 Å². The molecule has 38 heavy (non-hydrogen) atoms. The molecule has 0 spiro atoms. The molecule has 10 nitrogen and oxygen atoms in total. The first-order valence-corrected chi connectivity index (χ1v) is 15.7. The summed E-state index contributed by atoms with van der Waals surface area (Å²) in [7, 11) is -2.86. The highest BCUT2D eigenvalue weighted by Crippen LogP contribution is 2.38. The van der Waals surface area contributed by atoms with Crippen LogP contribution in [0, 0.1) is 0 Å². The Balaban J connectivity index is 1.49. The van der Waals surface area contributed by atoms with E-state index in [1.807, 2.05) is 36.6 Å². The van der Waals surface area contributed by atoms with Gasteiger partial charge in [-0.2, -0.15) is 4.99 Å². The largest absolute Gasteiger partial charge is 0.494 e. The van der Waals surface area contributed by atoms with Crippen molar-refractivity contribution in [2.45, 2.75) is 46.1 Å². The molecule has 1 aromatic carbocycles. The van der Waals surface area contributed by atoms with E-state index in [-0.39, 0.29) is 10.6 Å². The Hall–Kier alpha value is -3.03. The number of aromatic nitrogens is 1. The fraction of sp³-hybridized carbons (Fsp3) is 0.440. The summed E-state index contributed by atoms with van der Waals surface area (Å²) in [5.74, 6) is -3.38. The molecule has 1 N–H and O–H groups in total. The quantitative estimate of drug-likeness (QED) is 0.385. The van der Waals surface area contributed by atoms with Gasteiger partial charge in [0, 0.05) is 11.4 Å². The number of ether oxygens (including phenoxy) is 2. The second kappa shape index (κ2) is 11.8. The normalized spacial score (nSPS) is 13.8. The van der Waals surface area contributed by atoms with Crippen LogP contribution in [0.25, 0.3) is 10.2 Å². The number of nitrogens with one attached hydrogen (secondary N) is 1. The van der Waals surface area contributed by atoms with Crippen molar-refractivity contribution in [2.75, 3.05) is 30.5 Å². The summed E-state index contributed by atoms with van der Waals surface area (Å²) in [5, 5.41) is 2.84. The summed E-state index contributed by atoms with van der Waals surface area (Å²) in [6, 6.07) is 5.55. The van der Waals surface area contributed by atoms with Crippen molar-refractivity contribution in [1.82, 2.24) is 4.57 Å². The molecule has 3 aromatic rings. The molecular formula is C25H29N3O7S3. The summed E-state index contributed by atoms with van der Waals surface area (Å²) in [6.07, 6.45) is 3.39. The molecule has 2 heterocycles. The van der Waals surface area contributed by atoms with Gasteiger partial charge in [-0.15, -0.1) is 11.3 Å². The molecule has 204 valence electrons. The minimum absolute atomic E-state index is 0.278. The second-order valence-electron chi connectivity index (χ2n) is 8.68. The highest BCUT2D eigenvalue weighted by molar-refractivity contribution is 7.92. The van der Waals surface area contributed by atoms with Crippen LogP contribution in [-0.2, 0) is 43.5 Å². The number of esters is 1. The van der Waals surface area contributed by atoms with Gasteiger partial charge in [0.15, 0.2) is 14.6 Å². The van der Waals surface area contributed by atoms with E-state index in [0.29, 0.717) is 30.1 Å². The predicted molar refractivity (Wildman–Crippen MR) is 147 cm³/mol. The predicted octanol–water partition coefficient (Wildman–Crippen LogP) is 3.33. The number of benzene rings is 1. The number of nitrogens with zero attached hydrogens (tertiary/aromatic N) is 2. The van der Waals surface area contributed by atoms with Gasteiger partial charge in [-0.05, 0) is 63.3 Å². The average molecular weight is 580 g/mol. The van der Waals surface area contributed by atoms with Crippen LogP contribution >= 0.6 is 22.7 Å². The van der Waals surface area contributed by atoms with E-state index < -0.39 is 39.1 Å². The van der Waals surface area contributed by atoms with Crippen molar-refractivity contribution in [2.24, 2.45) is 4.99 Å². The number of methoxy groups -OCH3 is 1. The molecule has 2 aromatic heterocycles. The average Bonchev–Trinajstić information content (AvgIpc) is 3.39. The van der Waals surface area contributed by atoms with Gasteiger partial charge in [0.2, 0.25) is 5.91 Å². The van der Waals surface area contributed by atoms with Gasteiger partial charge < -0.3 is 19.4 Å². The minimum Gasteiger partial charge on any atom is -0.494 e. The van der Waals surface area contributed by atoms with E-state index in [4.69, 9.17) is 9.47 Å². The third kappa shape index (κ3) is 6.16. The number of carbonyl (C=O) groups is 3. The van der Waals surface area contributed by atoms with Gasteiger partial charge in [0.25, 0.3) is 5.91 Å². The number of thiophene rings is 1. The van der Waals surface area contributed by atoms with Crippen molar-refractivity contribution in [1.29, 1.82) is 0 Å². The van der Waals surface area contributed by atoms with E-state index in [0.717, 1.165) is 39.9 Å². The molecule has 0 aliphatic heterocycles. The Morgan fingerprint density at radius 2 is 1.87 bits per heavy atom. The van der Waals surface area contributed by atoms with Gasteiger partial charge in [0.05, 0.1) is 29.5 Å². The lowest BCUT2D eigenvalue weighted by Crippen LogP contribution is -2.28. The van der Waals surface area contributed by atoms with Crippen molar-refractivity contribution in [3.63, 3.8) is 0 Å². The van der Waals surface area contributed by atoms with E-state index in [2.05, 4.69) is 10.3 Å². The molecule has 0 radical (unpaired) electrons. The van der Waals surface area contributed by atoms with Gasteiger partial charge >= 0.3 is 5.97 Å². The van der Waals surface area contributed by atoms with Crippen LogP contribution in [0.3, 0.4) is 0 Å². The number of aryl methyl sites for hydroxylation is 2. The lowest BCUT2D eigenvalue weighted by molar-refractivity contribution is -0.115. The first-order chi connectivity index (χ1) is 18.2. The Kier molecular flexibility index (Phi) is 8.68. The number of sulfone groups is 1. The Bertz CT molecular complexity index is 1560. The van der Waals surface area contributed by atoms with Crippen LogP contribution in [0.4, 0.5) is 5.00 Å². The van der Waals surface area contributed by atoms with Crippen LogP contribution in [0.1, 0.15) is 47.5 Å². The molecule has 0 unspecified atom stereocenters. The maximum absolute atomic E-state index is 12.7. The second-order valence-corrected chi connectivity index (χ2v) is 12.9. The smallest absolute Gasteiger partial charge is 0.341 e. The minimum atomic E-state index is -4.12. The maximum Gasteiger partial charge on any atom is 0.341 e. The summed E-state index contributed by atoms with van der Waals surface area (Å²) in [4.78, 5) is 43.1. The van der Waals surface area contributed by atoms with Crippen LogP contribution < -0.4 is 14.9 Å². The highest BCUT2D eigenvalue weighted by atomic mass is 32.2. The van der Waals surface area contributed by atoms with E-state index in [9.17, 15) is 22.8 Å². The van der Waals surface area contributed by atoms with Crippen molar-refractivity contribution in [3.05, 3.63) is 39.0 Å². The topological polar surface area (TPSA) is 133 Å². The number of anilines is 1. The lowest BCUT2D eigenvalue weighted by Gasteiger charge is -2.11. The first-order valence-electron chi connectivity index (χ1n) is 12.2. The number of fused-ring (bicyclic) bond motifs is 2. The molecule has 2 amide bonds. The Morgan fingerprint density at radius 1 is 1.11 bits per heavy atom. The summed E-state index contributed by atoms with van der Waals surface area (Å²) in [5.41, 5.74) is 1.99. The Morgan fingerprint density at radius 3 is 2.58 bits per heavy atom. The third-order valence-electron chi connectivity index (χ3n) is 6.01. The molecule has 0 atom stereocenters. The zero-order chi connectivity index (χ0) is 27.4. The van der Waals surface area contributed by atoms with Gasteiger partial charge in [0.1, 0.15) is 22.3 Å². The van der Waals surface area contributed by atoms with Crippen molar-refractivity contribution < 1.29 is 32.3 Å². The van der Waals surface area contributed by atoms with Gasteiger partial charge in [-0.1, -0.05) is 11.3 Å². The molecule has 0 bridgehead atoms. The van der Waals surface area contributed by atoms with Gasteiger partial charge in [-0.3, -0.25) is 9.59 Å². The zero-order valence-electron chi connectivity index (χ0n) is 21.4. The molecule has 0 saturated carbocycles. The van der Waals surface area contributed by atoms with Crippen LogP contribution in [0.15, 0.2) is 23.2 Å². The highest BCUT2D eigenvalue weighted by Gasteiger charge is 2.28. The van der Waals surface area contributed by atoms with E-state index in [1.165, 1.54) is 29.8 Å². The fourth-order valence-corrected chi connectivity index (χ4v) is 7.86. The number of rotatable bonds is 9. The standard InChI is InChI=1S/C25H29N3O7S3/c1-4-28-17-11-10-15(35-5-2)12-19(17)37-25(28)27-21(30)14-38(32,33)13-20(29)26-23-22(24(31)34-3)16-8-6-7-9-18(16)36-23/h10-12H,4-9,13-14H2,1-3H3,(H,26,29). The number of hydrogen-bond donors (Lipinski definition) is 1. The van der Waals surface area contributed by atoms with E-state index >= 15 is 0 Å². The lowest BCUT2D eigenvalue weighted by atomic mass is 9.95. The van der Waals surface area contributed by atoms with E-state index in [1.54, 1.807) is 0 Å². The molecule has 1 aliphatic carbocycles. The van der Waals surface area contributed by atoms with Crippen molar-refractivity contribution >= 4 is 65.5 Å². The van der Waals surface area contributed by atoms with Crippen molar-refractivity contribution in [3.8, 4) is 5.75 Å². The number of amides is 2. The monoisotopic (exact) mass is 579 g/mol. The fourth-order valence-electron chi connectivity index (χ4n) is 4.41. The van der Waals surface area contributed by atoms with Crippen LogP contribution in [0.5, 0.6) is 5.75 Å². The summed E-state index contributed by atoms with van der Waals surface area (Å²) in [6.45, 7) is 4.84. The first kappa shape index (κ1) is 28.0. The summed E-state index contributed by atoms with van der Waals surface area (Å²) < 4.78 is 38.5. The molecule has 4 rings (SSSR count). The number of hydrogen-bond acceptors (Lipinski definition) is 9. The molecule has 0 saturated heterocycles. The maximum atomic E-state index is 12.7. The summed E-state index contributed by atoms with van der Waals surface area (Å²) >= 11 is 2.52. The number of carbonyl (C=O) groups excluding carboxylic acids is 3. The van der Waals surface area contributed by atoms with Crippen LogP contribution in [0.2, 0.25) is 0 Å². The molecule has 1 aliphatic rings. The molecule has 13 heteroatoms. The zero-order valence-corrected chi connectivity index (χ0v) is 23.8. The SMILES string of the molecule is CCOc1ccc2c(c1)sc(=NC(=O)CS(=O)(=O)CC(=O)Nc1sc3c(c1C(=O)OC)CCCC3)n2CC. The molecule has 0 fully saturated rings. The number of thiazole rings is 1. The third-order valence-corrected chi connectivity index (χ3v) is 9.65. The van der Waals surface area contributed by atoms with Crippen LogP contribution in [-0.4, -0.2) is 56.0 Å².